The Morgan fingerprint density at radius 3 is 2.95 bits per heavy atom. The summed E-state index contributed by atoms with van der Waals surface area (Å²) in [5.41, 5.74) is 2.24. The lowest BCUT2D eigenvalue weighted by atomic mass is 10.0. The number of nitrogens with zero attached hydrogens (tertiary/aromatic N) is 1. The van der Waals surface area contributed by atoms with Crippen LogP contribution in [0.4, 0.5) is 0 Å². The van der Waals surface area contributed by atoms with Gasteiger partial charge in [0, 0.05) is 24.7 Å². The number of nitrogens with one attached hydrogen (secondary N) is 1. The highest BCUT2D eigenvalue weighted by atomic mass is 16.5. The maximum atomic E-state index is 11.9. The molecule has 116 valence electrons. The molecule has 21 heavy (non-hydrogen) atoms. The average molecular weight is 292 g/mol. The van der Waals surface area contributed by atoms with Crippen molar-refractivity contribution in [2.75, 3.05) is 33.4 Å². The second-order valence-electron chi connectivity index (χ2n) is 5.22. The SMILES string of the molecule is CCNC(C)c1ccc(OC)c(CN2CCOCC2=O)c1. The lowest BCUT2D eigenvalue weighted by Gasteiger charge is -2.28. The summed E-state index contributed by atoms with van der Waals surface area (Å²) in [5.74, 6) is 0.857. The Kier molecular flexibility index (Phi) is 5.59. The van der Waals surface area contributed by atoms with E-state index in [0.717, 1.165) is 17.9 Å². The molecule has 1 aliphatic heterocycles. The molecule has 1 unspecified atom stereocenters. The standard InChI is InChI=1S/C16H24N2O3/c1-4-17-12(2)13-5-6-15(20-3)14(9-13)10-18-7-8-21-11-16(18)19/h5-6,9,12,17H,4,7-8,10-11H2,1-3H3. The molecule has 1 fully saturated rings. The van der Waals surface area contributed by atoms with Crippen molar-refractivity contribution >= 4 is 5.91 Å². The van der Waals surface area contributed by atoms with Gasteiger partial charge in [0.1, 0.15) is 12.4 Å². The van der Waals surface area contributed by atoms with Gasteiger partial charge in [-0.1, -0.05) is 13.0 Å². The Morgan fingerprint density at radius 1 is 1.48 bits per heavy atom. The third-order valence-electron chi connectivity index (χ3n) is 3.76. The van der Waals surface area contributed by atoms with E-state index < -0.39 is 0 Å². The fourth-order valence-corrected chi connectivity index (χ4v) is 2.54. The molecule has 0 spiro atoms. The summed E-state index contributed by atoms with van der Waals surface area (Å²) >= 11 is 0. The number of rotatable bonds is 6. The second-order valence-corrected chi connectivity index (χ2v) is 5.22. The summed E-state index contributed by atoms with van der Waals surface area (Å²) in [6, 6.07) is 6.44. The Bertz CT molecular complexity index is 490. The summed E-state index contributed by atoms with van der Waals surface area (Å²) in [4.78, 5) is 13.7. The van der Waals surface area contributed by atoms with Crippen molar-refractivity contribution < 1.29 is 14.3 Å². The smallest absolute Gasteiger partial charge is 0.248 e. The van der Waals surface area contributed by atoms with Crippen molar-refractivity contribution in [3.63, 3.8) is 0 Å². The number of methoxy groups -OCH3 is 1. The molecule has 5 nitrogen and oxygen atoms in total. The van der Waals surface area contributed by atoms with Crippen LogP contribution >= 0.6 is 0 Å². The number of hydrogen-bond donors (Lipinski definition) is 1. The fraction of sp³-hybridized carbons (Fsp3) is 0.562. The van der Waals surface area contributed by atoms with Gasteiger partial charge >= 0.3 is 0 Å². The quantitative estimate of drug-likeness (QED) is 0.867. The number of hydrogen-bond acceptors (Lipinski definition) is 4. The monoisotopic (exact) mass is 292 g/mol. The van der Waals surface area contributed by atoms with Crippen LogP contribution in [0.15, 0.2) is 18.2 Å². The molecular weight excluding hydrogens is 268 g/mol. The molecule has 2 rings (SSSR count). The normalized spacial score (nSPS) is 16.9. The molecule has 1 atom stereocenters. The predicted octanol–water partition coefficient (Wildman–Crippen LogP) is 1.72. The molecule has 1 amide bonds. The number of carbonyl (C=O) groups excluding carboxylic acids is 1. The van der Waals surface area contributed by atoms with Crippen molar-refractivity contribution in [3.05, 3.63) is 29.3 Å². The van der Waals surface area contributed by atoms with Crippen LogP contribution in [0.2, 0.25) is 0 Å². The van der Waals surface area contributed by atoms with E-state index in [0.29, 0.717) is 19.7 Å². The van der Waals surface area contributed by atoms with Gasteiger partial charge in [0.25, 0.3) is 0 Å². The van der Waals surface area contributed by atoms with E-state index in [1.54, 1.807) is 7.11 Å². The van der Waals surface area contributed by atoms with Gasteiger partial charge in [-0.2, -0.15) is 0 Å². The van der Waals surface area contributed by atoms with E-state index in [9.17, 15) is 4.79 Å². The molecule has 1 saturated heterocycles. The van der Waals surface area contributed by atoms with E-state index in [1.165, 1.54) is 5.56 Å². The highest BCUT2D eigenvalue weighted by Crippen LogP contribution is 2.25. The molecule has 1 aromatic rings. The van der Waals surface area contributed by atoms with Crippen LogP contribution in [0.25, 0.3) is 0 Å². The van der Waals surface area contributed by atoms with Crippen molar-refractivity contribution in [2.24, 2.45) is 0 Å². The second kappa shape index (κ2) is 7.43. The largest absolute Gasteiger partial charge is 0.496 e. The minimum absolute atomic E-state index is 0.0356. The number of morpholine rings is 1. The van der Waals surface area contributed by atoms with Gasteiger partial charge in [-0.3, -0.25) is 4.79 Å². The predicted molar refractivity (Wildman–Crippen MR) is 81.3 cm³/mol. The third-order valence-corrected chi connectivity index (χ3v) is 3.76. The Labute approximate surface area is 126 Å². The van der Waals surface area contributed by atoms with Crippen molar-refractivity contribution in [1.29, 1.82) is 0 Å². The van der Waals surface area contributed by atoms with Crippen molar-refractivity contribution in [3.8, 4) is 5.75 Å². The van der Waals surface area contributed by atoms with Gasteiger partial charge < -0.3 is 19.7 Å². The molecule has 0 aliphatic carbocycles. The van der Waals surface area contributed by atoms with Crippen LogP contribution in [0.3, 0.4) is 0 Å². The van der Waals surface area contributed by atoms with Gasteiger partial charge in [-0.05, 0) is 31.2 Å². The summed E-state index contributed by atoms with van der Waals surface area (Å²) in [7, 11) is 1.66. The Morgan fingerprint density at radius 2 is 2.29 bits per heavy atom. The first kappa shape index (κ1) is 15.8. The number of ether oxygens (including phenoxy) is 2. The van der Waals surface area contributed by atoms with Crippen LogP contribution in [0, 0.1) is 0 Å². The van der Waals surface area contributed by atoms with Gasteiger partial charge in [0.2, 0.25) is 5.91 Å². The summed E-state index contributed by atoms with van der Waals surface area (Å²) < 4.78 is 10.6. The molecule has 0 saturated carbocycles. The molecule has 0 radical (unpaired) electrons. The van der Waals surface area contributed by atoms with Crippen molar-refractivity contribution in [1.82, 2.24) is 10.2 Å². The molecule has 0 aromatic heterocycles. The fourth-order valence-electron chi connectivity index (χ4n) is 2.54. The zero-order chi connectivity index (χ0) is 15.2. The minimum atomic E-state index is 0.0356. The van der Waals surface area contributed by atoms with Crippen LogP contribution in [-0.4, -0.2) is 44.2 Å². The molecule has 5 heteroatoms. The van der Waals surface area contributed by atoms with Gasteiger partial charge in [0.05, 0.1) is 13.7 Å². The molecule has 0 bridgehead atoms. The van der Waals surface area contributed by atoms with E-state index in [2.05, 4.69) is 31.3 Å². The summed E-state index contributed by atoms with van der Waals surface area (Å²) in [6.45, 7) is 7.12. The first-order valence-electron chi connectivity index (χ1n) is 7.41. The molecule has 1 aliphatic rings. The number of carbonyl (C=O) groups is 1. The molecular formula is C16H24N2O3. The summed E-state index contributed by atoms with van der Waals surface area (Å²) in [5, 5.41) is 3.40. The minimum Gasteiger partial charge on any atom is -0.496 e. The highest BCUT2D eigenvalue weighted by Gasteiger charge is 2.20. The number of benzene rings is 1. The van der Waals surface area contributed by atoms with E-state index in [-0.39, 0.29) is 18.6 Å². The average Bonchev–Trinajstić information content (AvgIpc) is 2.50. The van der Waals surface area contributed by atoms with Crippen LogP contribution in [-0.2, 0) is 16.1 Å². The molecule has 1 N–H and O–H groups in total. The van der Waals surface area contributed by atoms with E-state index in [1.807, 2.05) is 11.0 Å². The number of amides is 1. The molecule has 1 aromatic carbocycles. The van der Waals surface area contributed by atoms with Gasteiger partial charge in [-0.15, -0.1) is 0 Å². The van der Waals surface area contributed by atoms with Crippen molar-refractivity contribution in [2.45, 2.75) is 26.4 Å². The zero-order valence-electron chi connectivity index (χ0n) is 13.0. The lowest BCUT2D eigenvalue weighted by molar-refractivity contribution is -0.143. The Balaban J connectivity index is 2.19. The van der Waals surface area contributed by atoms with Gasteiger partial charge in [-0.25, -0.2) is 0 Å². The maximum Gasteiger partial charge on any atom is 0.248 e. The first-order valence-corrected chi connectivity index (χ1v) is 7.41. The first-order chi connectivity index (χ1) is 10.2. The van der Waals surface area contributed by atoms with Crippen LogP contribution in [0.1, 0.15) is 31.0 Å². The molecule has 1 heterocycles. The lowest BCUT2D eigenvalue weighted by Crippen LogP contribution is -2.41. The topological polar surface area (TPSA) is 50.8 Å². The zero-order valence-corrected chi connectivity index (χ0v) is 13.0. The summed E-state index contributed by atoms with van der Waals surface area (Å²) in [6.07, 6.45) is 0. The van der Waals surface area contributed by atoms with E-state index >= 15 is 0 Å². The van der Waals surface area contributed by atoms with Gasteiger partial charge in [0.15, 0.2) is 0 Å². The van der Waals surface area contributed by atoms with Crippen LogP contribution < -0.4 is 10.1 Å². The maximum absolute atomic E-state index is 11.9. The van der Waals surface area contributed by atoms with E-state index in [4.69, 9.17) is 9.47 Å². The Hall–Kier alpha value is -1.59. The highest BCUT2D eigenvalue weighted by molar-refractivity contribution is 5.78. The van der Waals surface area contributed by atoms with Crippen LogP contribution in [0.5, 0.6) is 5.75 Å². The third kappa shape index (κ3) is 3.95.